The second kappa shape index (κ2) is 11.2. The van der Waals surface area contributed by atoms with E-state index in [-0.39, 0.29) is 10.8 Å². The van der Waals surface area contributed by atoms with Crippen molar-refractivity contribution in [2.45, 2.75) is 18.7 Å². The fourth-order valence-corrected chi connectivity index (χ4v) is 5.50. The highest BCUT2D eigenvalue weighted by Gasteiger charge is 2.22. The Labute approximate surface area is 215 Å². The van der Waals surface area contributed by atoms with Crippen LogP contribution in [-0.4, -0.2) is 56.6 Å². The molecular formula is C27H29N3O4S2. The zero-order valence-corrected chi connectivity index (χ0v) is 22.2. The van der Waals surface area contributed by atoms with Crippen LogP contribution in [0.4, 0.5) is 5.13 Å². The average Bonchev–Trinajstić information content (AvgIpc) is 3.30. The van der Waals surface area contributed by atoms with Crippen molar-refractivity contribution in [3.8, 4) is 11.5 Å². The molecule has 0 unspecified atom stereocenters. The highest BCUT2D eigenvalue weighted by Crippen LogP contribution is 2.32. The Balaban J connectivity index is 1.63. The number of carbonyl (C=O) groups is 1. The molecule has 0 aliphatic heterocycles. The molecule has 0 radical (unpaired) electrons. The summed E-state index contributed by atoms with van der Waals surface area (Å²) in [5.74, 6) is 1.19. The lowest BCUT2D eigenvalue weighted by atomic mass is 10.2. The predicted octanol–water partition coefficient (Wildman–Crippen LogP) is 5.48. The van der Waals surface area contributed by atoms with Crippen molar-refractivity contribution in [3.05, 3.63) is 78.4 Å². The SMILES string of the molecule is CCN(CC)CCN(C(=O)c1ccc(Oc2ccccc2)cc1)c1nc2ccc(S(C)(=O)=O)cc2s1. The van der Waals surface area contributed by atoms with Gasteiger partial charge in [0, 0.05) is 24.9 Å². The molecule has 3 aromatic carbocycles. The van der Waals surface area contributed by atoms with Gasteiger partial charge in [0.05, 0.1) is 15.1 Å². The number of anilines is 1. The minimum atomic E-state index is -3.34. The normalized spacial score (nSPS) is 11.7. The zero-order valence-electron chi connectivity index (χ0n) is 20.5. The van der Waals surface area contributed by atoms with Crippen LogP contribution in [0, 0.1) is 0 Å². The van der Waals surface area contributed by atoms with E-state index >= 15 is 0 Å². The zero-order chi connectivity index (χ0) is 25.7. The van der Waals surface area contributed by atoms with Crippen molar-refractivity contribution in [3.63, 3.8) is 0 Å². The Morgan fingerprint density at radius 3 is 2.22 bits per heavy atom. The molecular weight excluding hydrogens is 494 g/mol. The number of likely N-dealkylation sites (N-methyl/N-ethyl adjacent to an activating group) is 1. The monoisotopic (exact) mass is 523 g/mol. The number of sulfone groups is 1. The van der Waals surface area contributed by atoms with Crippen molar-refractivity contribution in [2.75, 3.05) is 37.3 Å². The Morgan fingerprint density at radius 1 is 0.917 bits per heavy atom. The van der Waals surface area contributed by atoms with E-state index in [2.05, 4.69) is 23.7 Å². The summed E-state index contributed by atoms with van der Waals surface area (Å²) in [5, 5.41) is 0.539. The van der Waals surface area contributed by atoms with Crippen molar-refractivity contribution in [2.24, 2.45) is 0 Å². The van der Waals surface area contributed by atoms with Crippen LogP contribution >= 0.6 is 11.3 Å². The summed E-state index contributed by atoms with van der Waals surface area (Å²) in [6, 6.07) is 21.4. The van der Waals surface area contributed by atoms with Crippen molar-refractivity contribution < 1.29 is 17.9 Å². The van der Waals surface area contributed by atoms with E-state index in [0.29, 0.717) is 35.1 Å². The van der Waals surface area contributed by atoms with E-state index in [9.17, 15) is 13.2 Å². The number of benzene rings is 3. The fourth-order valence-electron chi connectivity index (χ4n) is 3.75. The number of hydrogen-bond acceptors (Lipinski definition) is 7. The molecule has 1 aromatic heterocycles. The number of nitrogens with zero attached hydrogens (tertiary/aromatic N) is 3. The summed E-state index contributed by atoms with van der Waals surface area (Å²) < 4.78 is 30.6. The smallest absolute Gasteiger partial charge is 0.260 e. The molecule has 0 spiro atoms. The van der Waals surface area contributed by atoms with Crippen molar-refractivity contribution in [1.29, 1.82) is 0 Å². The number of fused-ring (bicyclic) bond motifs is 1. The number of aromatic nitrogens is 1. The van der Waals surface area contributed by atoms with Gasteiger partial charge >= 0.3 is 0 Å². The summed E-state index contributed by atoms with van der Waals surface area (Å²) in [6.45, 7) is 7.08. The van der Waals surface area contributed by atoms with Crippen LogP contribution in [0.25, 0.3) is 10.2 Å². The van der Waals surface area contributed by atoms with Gasteiger partial charge in [0.1, 0.15) is 11.5 Å². The number of para-hydroxylation sites is 1. The first-order valence-electron chi connectivity index (χ1n) is 11.8. The molecule has 9 heteroatoms. The fraction of sp³-hybridized carbons (Fsp3) is 0.259. The Hall–Kier alpha value is -3.27. The summed E-state index contributed by atoms with van der Waals surface area (Å²) in [7, 11) is -3.34. The van der Waals surface area contributed by atoms with Gasteiger partial charge in [-0.2, -0.15) is 0 Å². The number of ether oxygens (including phenoxy) is 1. The maximum atomic E-state index is 13.6. The summed E-state index contributed by atoms with van der Waals surface area (Å²) >= 11 is 1.32. The Morgan fingerprint density at radius 2 is 1.58 bits per heavy atom. The molecule has 0 saturated heterocycles. The molecule has 0 N–H and O–H groups in total. The third kappa shape index (κ3) is 6.10. The van der Waals surface area contributed by atoms with Crippen LogP contribution in [0.3, 0.4) is 0 Å². The predicted molar refractivity (Wildman–Crippen MR) is 145 cm³/mol. The van der Waals surface area contributed by atoms with Crippen LogP contribution in [0.15, 0.2) is 77.7 Å². The average molecular weight is 524 g/mol. The lowest BCUT2D eigenvalue weighted by Crippen LogP contribution is -2.38. The van der Waals surface area contributed by atoms with Gasteiger partial charge in [-0.1, -0.05) is 43.4 Å². The highest BCUT2D eigenvalue weighted by atomic mass is 32.2. The molecule has 0 fully saturated rings. The standard InChI is InChI=1S/C27H29N3O4S2/c1-4-29(5-2)17-18-30(27-28-24-16-15-23(36(3,32)33)19-25(24)35-27)26(31)20-11-13-22(14-12-20)34-21-9-7-6-8-10-21/h6-16,19H,4-5,17-18H2,1-3H3. The first-order valence-corrected chi connectivity index (χ1v) is 14.5. The number of amides is 1. The van der Waals surface area contributed by atoms with E-state index in [1.165, 1.54) is 17.6 Å². The highest BCUT2D eigenvalue weighted by molar-refractivity contribution is 7.90. The Kier molecular flexibility index (Phi) is 8.03. The molecule has 0 bridgehead atoms. The molecule has 0 saturated carbocycles. The van der Waals surface area contributed by atoms with Crippen LogP contribution in [0.2, 0.25) is 0 Å². The van der Waals surface area contributed by atoms with Gasteiger partial charge in [-0.05, 0) is 67.7 Å². The molecule has 4 aromatic rings. The van der Waals surface area contributed by atoms with Gasteiger partial charge in [0.2, 0.25) is 0 Å². The minimum absolute atomic E-state index is 0.171. The summed E-state index contributed by atoms with van der Waals surface area (Å²) in [4.78, 5) is 22.5. The Bertz CT molecular complexity index is 1430. The number of rotatable bonds is 10. The lowest BCUT2D eigenvalue weighted by molar-refractivity contribution is 0.0983. The third-order valence-corrected chi connectivity index (χ3v) is 8.02. The topological polar surface area (TPSA) is 79.8 Å². The van der Waals surface area contributed by atoms with Crippen molar-refractivity contribution in [1.82, 2.24) is 9.88 Å². The van der Waals surface area contributed by atoms with E-state index in [1.54, 1.807) is 47.4 Å². The molecule has 0 aliphatic rings. The number of carbonyl (C=O) groups excluding carboxylic acids is 1. The van der Waals surface area contributed by atoms with E-state index in [1.807, 2.05) is 30.3 Å². The van der Waals surface area contributed by atoms with Gasteiger partial charge in [-0.15, -0.1) is 0 Å². The summed E-state index contributed by atoms with van der Waals surface area (Å²) in [5.41, 5.74) is 1.18. The first kappa shape index (κ1) is 25.8. The molecule has 1 amide bonds. The van der Waals surface area contributed by atoms with Crippen LogP contribution in [0.1, 0.15) is 24.2 Å². The second-order valence-electron chi connectivity index (χ2n) is 8.32. The second-order valence-corrected chi connectivity index (χ2v) is 11.3. The molecule has 188 valence electrons. The van der Waals surface area contributed by atoms with Crippen LogP contribution in [0.5, 0.6) is 11.5 Å². The number of thiazole rings is 1. The van der Waals surface area contributed by atoms with Gasteiger partial charge < -0.3 is 9.64 Å². The third-order valence-electron chi connectivity index (χ3n) is 5.87. The van der Waals surface area contributed by atoms with Gasteiger partial charge in [0.25, 0.3) is 5.91 Å². The maximum Gasteiger partial charge on any atom is 0.260 e. The molecule has 36 heavy (non-hydrogen) atoms. The molecule has 0 atom stereocenters. The van der Waals surface area contributed by atoms with Gasteiger partial charge in [0.15, 0.2) is 15.0 Å². The van der Waals surface area contributed by atoms with E-state index in [0.717, 1.165) is 23.5 Å². The van der Waals surface area contributed by atoms with Crippen LogP contribution < -0.4 is 9.64 Å². The van der Waals surface area contributed by atoms with E-state index in [4.69, 9.17) is 4.74 Å². The molecule has 4 rings (SSSR count). The minimum Gasteiger partial charge on any atom is -0.457 e. The number of hydrogen-bond donors (Lipinski definition) is 0. The molecule has 0 aliphatic carbocycles. The maximum absolute atomic E-state index is 13.6. The van der Waals surface area contributed by atoms with Gasteiger partial charge in [-0.3, -0.25) is 9.69 Å². The quantitative estimate of drug-likeness (QED) is 0.274. The van der Waals surface area contributed by atoms with Gasteiger partial charge in [-0.25, -0.2) is 13.4 Å². The lowest BCUT2D eigenvalue weighted by Gasteiger charge is -2.24. The summed E-state index contributed by atoms with van der Waals surface area (Å²) in [6.07, 6.45) is 1.18. The van der Waals surface area contributed by atoms with E-state index < -0.39 is 9.84 Å². The molecule has 7 nitrogen and oxygen atoms in total. The van der Waals surface area contributed by atoms with Crippen molar-refractivity contribution >= 4 is 42.4 Å². The van der Waals surface area contributed by atoms with Crippen LogP contribution in [-0.2, 0) is 9.84 Å². The largest absolute Gasteiger partial charge is 0.457 e. The molecule has 1 heterocycles. The first-order chi connectivity index (χ1) is 17.3.